The van der Waals surface area contributed by atoms with Crippen LogP contribution in [0.4, 0.5) is 0 Å². The van der Waals surface area contributed by atoms with E-state index in [2.05, 4.69) is 20.9 Å². The molecule has 0 bridgehead atoms. The summed E-state index contributed by atoms with van der Waals surface area (Å²) in [6.45, 7) is 5.99. The summed E-state index contributed by atoms with van der Waals surface area (Å²) >= 11 is 0. The fraction of sp³-hybridized carbons (Fsp3) is 0.700. The van der Waals surface area contributed by atoms with Crippen molar-refractivity contribution in [3.63, 3.8) is 0 Å². The molecule has 0 N–H and O–H groups in total. The predicted molar refractivity (Wildman–Crippen MR) is 96.0 cm³/mol. The average Bonchev–Trinajstić information content (AvgIpc) is 3.18. The smallest absolute Gasteiger partial charge is 0.223 e. The molecule has 1 amide bonds. The van der Waals surface area contributed by atoms with Crippen molar-refractivity contribution in [2.24, 2.45) is 5.92 Å². The Balaban J connectivity index is 1.43. The summed E-state index contributed by atoms with van der Waals surface area (Å²) in [5.74, 6) is 1.02. The predicted octanol–water partition coefficient (Wildman–Crippen LogP) is 2.47. The number of aromatic nitrogens is 1. The van der Waals surface area contributed by atoms with Gasteiger partial charge in [0.2, 0.25) is 5.91 Å². The van der Waals surface area contributed by atoms with Gasteiger partial charge in [-0.1, -0.05) is 6.07 Å². The van der Waals surface area contributed by atoms with E-state index in [4.69, 9.17) is 4.74 Å². The van der Waals surface area contributed by atoms with E-state index < -0.39 is 0 Å². The zero-order valence-corrected chi connectivity index (χ0v) is 15.0. The summed E-state index contributed by atoms with van der Waals surface area (Å²) in [5.41, 5.74) is 1.20. The van der Waals surface area contributed by atoms with Crippen LogP contribution in [-0.2, 0) is 16.1 Å². The molecular formula is C20H29N3O2. The highest BCUT2D eigenvalue weighted by molar-refractivity contribution is 5.79. The van der Waals surface area contributed by atoms with Crippen molar-refractivity contribution in [2.45, 2.75) is 50.6 Å². The minimum Gasteiger partial charge on any atom is -0.381 e. The van der Waals surface area contributed by atoms with Gasteiger partial charge < -0.3 is 14.5 Å². The maximum atomic E-state index is 12.6. The number of carbonyl (C=O) groups excluding carboxylic acids is 1. The Labute approximate surface area is 150 Å². The number of amides is 1. The van der Waals surface area contributed by atoms with Crippen LogP contribution in [0.3, 0.4) is 0 Å². The fourth-order valence-corrected chi connectivity index (χ4v) is 4.83. The van der Waals surface area contributed by atoms with Crippen LogP contribution in [0.5, 0.6) is 0 Å². The van der Waals surface area contributed by atoms with Gasteiger partial charge in [0.15, 0.2) is 0 Å². The molecule has 5 nitrogen and oxygen atoms in total. The second kappa shape index (κ2) is 7.42. The van der Waals surface area contributed by atoms with E-state index in [0.29, 0.717) is 24.8 Å². The molecule has 3 aliphatic heterocycles. The van der Waals surface area contributed by atoms with Crippen molar-refractivity contribution >= 4 is 5.91 Å². The highest BCUT2D eigenvalue weighted by atomic mass is 16.5. The molecule has 0 unspecified atom stereocenters. The Bertz CT molecular complexity index is 588. The number of rotatable bonds is 4. The molecule has 0 aromatic carbocycles. The van der Waals surface area contributed by atoms with Crippen LogP contribution in [0.2, 0.25) is 0 Å². The molecule has 25 heavy (non-hydrogen) atoms. The number of carbonyl (C=O) groups is 1. The molecule has 5 heteroatoms. The van der Waals surface area contributed by atoms with E-state index >= 15 is 0 Å². The van der Waals surface area contributed by atoms with Crippen molar-refractivity contribution < 1.29 is 9.53 Å². The number of hydrogen-bond acceptors (Lipinski definition) is 4. The molecule has 4 rings (SSSR count). The van der Waals surface area contributed by atoms with Gasteiger partial charge >= 0.3 is 0 Å². The Hall–Kier alpha value is -1.46. The van der Waals surface area contributed by atoms with Gasteiger partial charge in [0.25, 0.3) is 0 Å². The first-order valence-corrected chi connectivity index (χ1v) is 9.75. The van der Waals surface area contributed by atoms with E-state index in [0.717, 1.165) is 57.7 Å². The van der Waals surface area contributed by atoms with Crippen molar-refractivity contribution in [3.05, 3.63) is 30.1 Å². The number of pyridine rings is 1. The van der Waals surface area contributed by atoms with Crippen molar-refractivity contribution in [2.75, 3.05) is 32.8 Å². The lowest BCUT2D eigenvalue weighted by atomic mass is 9.87. The summed E-state index contributed by atoms with van der Waals surface area (Å²) in [5, 5.41) is 0. The minimum atomic E-state index is 0.0633. The van der Waals surface area contributed by atoms with E-state index in [1.54, 1.807) is 6.20 Å². The highest BCUT2D eigenvalue weighted by Gasteiger charge is 2.45. The van der Waals surface area contributed by atoms with Gasteiger partial charge in [0, 0.05) is 50.6 Å². The molecular weight excluding hydrogens is 314 g/mol. The molecule has 3 fully saturated rings. The monoisotopic (exact) mass is 343 g/mol. The lowest BCUT2D eigenvalue weighted by Crippen LogP contribution is -2.46. The van der Waals surface area contributed by atoms with Crippen LogP contribution in [0, 0.1) is 5.92 Å². The topological polar surface area (TPSA) is 45.7 Å². The number of hydrogen-bond donors (Lipinski definition) is 0. The van der Waals surface area contributed by atoms with Crippen LogP contribution >= 0.6 is 0 Å². The molecule has 1 aromatic rings. The second-order valence-corrected chi connectivity index (χ2v) is 7.95. The van der Waals surface area contributed by atoms with E-state index in [1.807, 2.05) is 12.3 Å². The number of likely N-dealkylation sites (tertiary alicyclic amines) is 2. The zero-order valence-electron chi connectivity index (χ0n) is 15.0. The van der Waals surface area contributed by atoms with E-state index in [-0.39, 0.29) is 5.54 Å². The first-order valence-electron chi connectivity index (χ1n) is 9.75. The molecule has 136 valence electrons. The summed E-state index contributed by atoms with van der Waals surface area (Å²) in [6.07, 6.45) is 10.0. The van der Waals surface area contributed by atoms with Gasteiger partial charge in [0.05, 0.1) is 6.61 Å². The Morgan fingerprint density at radius 1 is 1.28 bits per heavy atom. The van der Waals surface area contributed by atoms with Gasteiger partial charge in [-0.15, -0.1) is 0 Å². The zero-order chi connectivity index (χ0) is 17.1. The molecule has 3 saturated heterocycles. The first-order chi connectivity index (χ1) is 12.3. The summed E-state index contributed by atoms with van der Waals surface area (Å²) < 4.78 is 5.54. The van der Waals surface area contributed by atoms with Gasteiger partial charge in [0.1, 0.15) is 0 Å². The molecule has 1 aromatic heterocycles. The third-order valence-corrected chi connectivity index (χ3v) is 6.29. The van der Waals surface area contributed by atoms with E-state index in [1.165, 1.54) is 12.8 Å². The average molecular weight is 343 g/mol. The Kier molecular flexibility index (Phi) is 5.04. The van der Waals surface area contributed by atoms with Gasteiger partial charge in [-0.25, -0.2) is 0 Å². The Morgan fingerprint density at radius 3 is 3.04 bits per heavy atom. The van der Waals surface area contributed by atoms with Crippen molar-refractivity contribution in [3.8, 4) is 0 Å². The first kappa shape index (κ1) is 17.0. The SMILES string of the molecule is O=C1CC[C@@]2(CCCN(C[C@@H]3CCOC3)CC2)N1Cc1cccnc1. The maximum absolute atomic E-state index is 12.6. The summed E-state index contributed by atoms with van der Waals surface area (Å²) in [6, 6.07) is 4.04. The second-order valence-electron chi connectivity index (χ2n) is 7.95. The lowest BCUT2D eigenvalue weighted by Gasteiger charge is -2.38. The minimum absolute atomic E-state index is 0.0633. The van der Waals surface area contributed by atoms with Gasteiger partial charge in [-0.2, -0.15) is 0 Å². The fourth-order valence-electron chi connectivity index (χ4n) is 4.83. The van der Waals surface area contributed by atoms with Crippen LogP contribution < -0.4 is 0 Å². The van der Waals surface area contributed by atoms with Gasteiger partial charge in [-0.05, 0) is 56.2 Å². The third-order valence-electron chi connectivity index (χ3n) is 6.29. The quantitative estimate of drug-likeness (QED) is 0.842. The molecule has 0 radical (unpaired) electrons. The molecule has 4 heterocycles. The molecule has 0 saturated carbocycles. The van der Waals surface area contributed by atoms with Crippen molar-refractivity contribution in [1.29, 1.82) is 0 Å². The van der Waals surface area contributed by atoms with Crippen LogP contribution in [0.15, 0.2) is 24.5 Å². The third kappa shape index (κ3) is 3.72. The van der Waals surface area contributed by atoms with Crippen LogP contribution in [0.1, 0.15) is 44.1 Å². The van der Waals surface area contributed by atoms with Gasteiger partial charge in [-0.3, -0.25) is 9.78 Å². The Morgan fingerprint density at radius 2 is 2.24 bits per heavy atom. The van der Waals surface area contributed by atoms with E-state index in [9.17, 15) is 4.79 Å². The van der Waals surface area contributed by atoms with Crippen LogP contribution in [0.25, 0.3) is 0 Å². The highest BCUT2D eigenvalue weighted by Crippen LogP contribution is 2.40. The normalized spacial score (nSPS) is 31.0. The number of ether oxygens (including phenoxy) is 1. The summed E-state index contributed by atoms with van der Waals surface area (Å²) in [4.78, 5) is 21.6. The van der Waals surface area contributed by atoms with Crippen LogP contribution in [-0.4, -0.2) is 59.1 Å². The molecule has 0 aliphatic carbocycles. The maximum Gasteiger partial charge on any atom is 0.223 e. The standard InChI is InChI=1S/C20H29N3O2/c24-19-4-7-20(23(19)15-17-3-1-9-21-13-17)6-2-10-22(11-8-20)14-18-5-12-25-16-18/h1,3,9,13,18H,2,4-8,10-12,14-16H2/t18-,20+/m0/s1. The largest absolute Gasteiger partial charge is 0.381 e. The molecule has 3 aliphatic rings. The molecule has 1 spiro atoms. The van der Waals surface area contributed by atoms with Crippen molar-refractivity contribution in [1.82, 2.24) is 14.8 Å². The molecule has 2 atom stereocenters. The number of nitrogens with zero attached hydrogens (tertiary/aromatic N) is 3. The summed E-state index contributed by atoms with van der Waals surface area (Å²) in [7, 11) is 0. The lowest BCUT2D eigenvalue weighted by molar-refractivity contribution is -0.132.